The van der Waals surface area contributed by atoms with Crippen molar-refractivity contribution in [2.45, 2.75) is 64.1 Å². The van der Waals surface area contributed by atoms with Gasteiger partial charge >= 0.3 is 11.9 Å². The number of hydrogen-bond donors (Lipinski definition) is 0. The van der Waals surface area contributed by atoms with Gasteiger partial charge in [0.15, 0.2) is 6.79 Å². The quantitative estimate of drug-likeness (QED) is 0.589. The van der Waals surface area contributed by atoms with Crippen LogP contribution in [0.15, 0.2) is 0 Å². The van der Waals surface area contributed by atoms with E-state index < -0.39 is 0 Å². The Morgan fingerprint density at radius 2 is 2.05 bits per heavy atom. The Morgan fingerprint density at radius 1 is 1.27 bits per heavy atom. The Labute approximate surface area is 130 Å². The summed E-state index contributed by atoms with van der Waals surface area (Å²) in [7, 11) is 0. The summed E-state index contributed by atoms with van der Waals surface area (Å²) < 4.78 is 16.9. The summed E-state index contributed by atoms with van der Waals surface area (Å²) in [6, 6.07) is 0. The molecule has 0 radical (unpaired) electrons. The molecule has 6 unspecified atom stereocenters. The Bertz CT molecular complexity index is 517. The van der Waals surface area contributed by atoms with E-state index in [1.807, 2.05) is 6.92 Å². The third kappa shape index (κ3) is 2.25. The zero-order valence-electron chi connectivity index (χ0n) is 13.3. The van der Waals surface area contributed by atoms with E-state index in [4.69, 9.17) is 14.2 Å². The minimum atomic E-state index is -0.334. The lowest BCUT2D eigenvalue weighted by Crippen LogP contribution is -2.47. The minimum absolute atomic E-state index is 0.00148. The van der Waals surface area contributed by atoms with Crippen molar-refractivity contribution in [3.63, 3.8) is 0 Å². The summed E-state index contributed by atoms with van der Waals surface area (Å²) in [4.78, 5) is 24.1. The van der Waals surface area contributed by atoms with E-state index >= 15 is 0 Å². The SMILES string of the molecule is CC1CC1(C)C(=O)OCOC12CC3CC(C1)OC(=O)C(C3)C2. The van der Waals surface area contributed by atoms with Crippen LogP contribution < -0.4 is 0 Å². The van der Waals surface area contributed by atoms with Crippen molar-refractivity contribution in [2.75, 3.05) is 6.79 Å². The number of carbonyl (C=O) groups excluding carboxylic acids is 2. The van der Waals surface area contributed by atoms with Crippen molar-refractivity contribution in [2.24, 2.45) is 23.2 Å². The minimum Gasteiger partial charge on any atom is -0.462 e. The van der Waals surface area contributed by atoms with Crippen LogP contribution in [0.25, 0.3) is 0 Å². The van der Waals surface area contributed by atoms with Gasteiger partial charge in [-0.2, -0.15) is 0 Å². The summed E-state index contributed by atoms with van der Waals surface area (Å²) in [5.74, 6) is 0.640. The molecule has 5 aliphatic rings. The lowest BCUT2D eigenvalue weighted by molar-refractivity contribution is -0.197. The van der Waals surface area contributed by atoms with E-state index in [2.05, 4.69) is 6.92 Å². The smallest absolute Gasteiger partial charge is 0.314 e. The third-order valence-electron chi connectivity index (χ3n) is 6.39. The average molecular weight is 308 g/mol. The second-order valence-electron chi connectivity index (χ2n) is 8.11. The maximum absolute atomic E-state index is 12.1. The monoisotopic (exact) mass is 308 g/mol. The summed E-state index contributed by atoms with van der Waals surface area (Å²) in [6.45, 7) is 4.01. The molecule has 5 fully saturated rings. The first-order valence-corrected chi connectivity index (χ1v) is 8.42. The van der Waals surface area contributed by atoms with Crippen LogP contribution in [-0.2, 0) is 23.8 Å². The fourth-order valence-corrected chi connectivity index (χ4v) is 4.78. The molecule has 3 saturated carbocycles. The van der Waals surface area contributed by atoms with Crippen molar-refractivity contribution in [3.05, 3.63) is 0 Å². The van der Waals surface area contributed by atoms with Crippen molar-refractivity contribution < 1.29 is 23.8 Å². The average Bonchev–Trinajstić information content (AvgIpc) is 3.09. The Kier molecular flexibility index (Phi) is 3.09. The van der Waals surface area contributed by atoms with Gasteiger partial charge in [0.25, 0.3) is 0 Å². The van der Waals surface area contributed by atoms with Crippen molar-refractivity contribution in [3.8, 4) is 0 Å². The molecule has 0 aromatic rings. The normalized spacial score (nSPS) is 48.7. The van der Waals surface area contributed by atoms with Crippen LogP contribution in [0.1, 0.15) is 52.4 Å². The topological polar surface area (TPSA) is 61.8 Å². The van der Waals surface area contributed by atoms with Gasteiger partial charge in [0.05, 0.1) is 16.9 Å². The molecule has 0 aromatic carbocycles. The first kappa shape index (κ1) is 14.5. The first-order valence-electron chi connectivity index (χ1n) is 8.42. The number of esters is 2. The molecular formula is C17H24O5. The molecule has 0 spiro atoms. The van der Waals surface area contributed by atoms with Crippen molar-refractivity contribution >= 4 is 11.9 Å². The number of fused-ring (bicyclic) bond motifs is 1. The van der Waals surface area contributed by atoms with Gasteiger partial charge in [0.1, 0.15) is 6.10 Å². The van der Waals surface area contributed by atoms with Gasteiger partial charge in [-0.15, -0.1) is 0 Å². The predicted octanol–water partition coefficient (Wildman–Crippen LogP) is 2.42. The zero-order chi connectivity index (χ0) is 15.5. The van der Waals surface area contributed by atoms with E-state index in [0.29, 0.717) is 18.3 Å². The van der Waals surface area contributed by atoms with E-state index in [1.165, 1.54) is 0 Å². The Morgan fingerprint density at radius 3 is 2.77 bits per heavy atom. The van der Waals surface area contributed by atoms with Gasteiger partial charge in [-0.05, 0) is 50.9 Å². The maximum Gasteiger partial charge on any atom is 0.314 e. The van der Waals surface area contributed by atoms with E-state index in [0.717, 1.165) is 32.1 Å². The summed E-state index contributed by atoms with van der Waals surface area (Å²) >= 11 is 0. The van der Waals surface area contributed by atoms with Gasteiger partial charge in [0, 0.05) is 6.42 Å². The van der Waals surface area contributed by atoms with Crippen LogP contribution in [0.2, 0.25) is 0 Å². The summed E-state index contributed by atoms with van der Waals surface area (Å²) in [5, 5.41) is 0. The predicted molar refractivity (Wildman–Crippen MR) is 76.6 cm³/mol. The fourth-order valence-electron chi connectivity index (χ4n) is 4.78. The molecule has 5 nitrogen and oxygen atoms in total. The number of rotatable bonds is 4. The molecule has 0 N–H and O–H groups in total. The van der Waals surface area contributed by atoms with E-state index in [9.17, 15) is 9.59 Å². The molecular weight excluding hydrogens is 284 g/mol. The lowest BCUT2D eigenvalue weighted by atomic mass is 9.65. The summed E-state index contributed by atoms with van der Waals surface area (Å²) in [6.07, 6.45) is 5.18. The third-order valence-corrected chi connectivity index (χ3v) is 6.39. The second kappa shape index (κ2) is 4.70. The fraction of sp³-hybridized carbons (Fsp3) is 0.882. The number of carbonyl (C=O) groups is 2. The van der Waals surface area contributed by atoms with Crippen molar-refractivity contribution in [1.82, 2.24) is 0 Å². The van der Waals surface area contributed by atoms with Crippen molar-refractivity contribution in [1.29, 1.82) is 0 Å². The van der Waals surface area contributed by atoms with Gasteiger partial charge < -0.3 is 14.2 Å². The van der Waals surface area contributed by atoms with Crippen LogP contribution in [0.5, 0.6) is 0 Å². The number of hydrogen-bond acceptors (Lipinski definition) is 5. The largest absolute Gasteiger partial charge is 0.462 e. The standard InChI is InChI=1S/C17H24O5/c1-10-5-16(10,2)15(19)20-9-21-17-6-11-3-12(7-17)14(18)22-13(4-11)8-17/h10-13H,3-9H2,1-2H3. The zero-order valence-corrected chi connectivity index (χ0v) is 13.3. The number of ether oxygens (including phenoxy) is 3. The van der Waals surface area contributed by atoms with Crippen LogP contribution in [-0.4, -0.2) is 30.4 Å². The highest BCUT2D eigenvalue weighted by Crippen LogP contribution is 2.53. The molecule has 0 amide bonds. The highest BCUT2D eigenvalue weighted by Gasteiger charge is 2.55. The van der Waals surface area contributed by atoms with Gasteiger partial charge in [-0.3, -0.25) is 9.59 Å². The Hall–Kier alpha value is -1.10. The van der Waals surface area contributed by atoms with E-state index in [-0.39, 0.29) is 41.8 Å². The van der Waals surface area contributed by atoms with Gasteiger partial charge in [-0.25, -0.2) is 0 Å². The molecule has 6 atom stereocenters. The molecule has 5 rings (SSSR count). The van der Waals surface area contributed by atoms with Crippen LogP contribution in [0, 0.1) is 23.2 Å². The molecule has 2 heterocycles. The van der Waals surface area contributed by atoms with Gasteiger partial charge in [0.2, 0.25) is 0 Å². The molecule has 2 aliphatic heterocycles. The molecule has 0 aromatic heterocycles. The first-order chi connectivity index (χ1) is 10.4. The molecule has 122 valence electrons. The molecule has 5 heteroatoms. The molecule has 4 bridgehead atoms. The van der Waals surface area contributed by atoms with Gasteiger partial charge in [-0.1, -0.05) is 6.92 Å². The molecule has 22 heavy (non-hydrogen) atoms. The maximum atomic E-state index is 12.1. The molecule has 3 aliphatic carbocycles. The highest BCUT2D eigenvalue weighted by molar-refractivity contribution is 5.79. The van der Waals surface area contributed by atoms with Crippen LogP contribution in [0.3, 0.4) is 0 Å². The van der Waals surface area contributed by atoms with Crippen LogP contribution in [0.4, 0.5) is 0 Å². The highest BCUT2D eigenvalue weighted by atomic mass is 16.7. The summed E-state index contributed by atoms with van der Waals surface area (Å²) in [5.41, 5.74) is -0.653. The second-order valence-corrected chi connectivity index (χ2v) is 8.11. The Balaban J connectivity index is 1.38. The molecule has 2 saturated heterocycles. The lowest BCUT2D eigenvalue weighted by Gasteiger charge is -2.45. The van der Waals surface area contributed by atoms with E-state index in [1.54, 1.807) is 0 Å². The van der Waals surface area contributed by atoms with Crippen LogP contribution >= 0.6 is 0 Å².